The quantitative estimate of drug-likeness (QED) is 0.754. The van der Waals surface area contributed by atoms with E-state index in [4.69, 9.17) is 11.6 Å². The molecule has 0 unspecified atom stereocenters. The predicted octanol–water partition coefficient (Wildman–Crippen LogP) is 4.70. The highest BCUT2D eigenvalue weighted by molar-refractivity contribution is 6.35. The number of aromatic nitrogens is 1. The summed E-state index contributed by atoms with van der Waals surface area (Å²) in [4.78, 5) is 12.2. The Balaban J connectivity index is 2.71. The van der Waals surface area contributed by atoms with Crippen LogP contribution in [0.5, 0.6) is 0 Å². The van der Waals surface area contributed by atoms with Gasteiger partial charge in [-0.2, -0.15) is 13.2 Å². The Morgan fingerprint density at radius 1 is 1.30 bits per heavy atom. The van der Waals surface area contributed by atoms with E-state index in [-0.39, 0.29) is 22.4 Å². The first-order chi connectivity index (χ1) is 9.22. The minimum absolute atomic E-state index is 0.151. The lowest BCUT2D eigenvalue weighted by Crippen LogP contribution is -2.18. The third-order valence-corrected chi connectivity index (χ3v) is 3.41. The van der Waals surface area contributed by atoms with E-state index >= 15 is 0 Å². The van der Waals surface area contributed by atoms with Gasteiger partial charge in [-0.25, -0.2) is 0 Å². The third-order valence-electron chi connectivity index (χ3n) is 3.02. The maximum Gasteiger partial charge on any atom is 0.406 e. The molecule has 20 heavy (non-hydrogen) atoms. The number of para-hydroxylation sites is 1. The fraction of sp³-hybridized carbons (Fsp3) is 0.357. The minimum atomic E-state index is -4.40. The smallest absolute Gasteiger partial charge is 0.322 e. The second-order valence-electron chi connectivity index (χ2n) is 4.90. The molecule has 0 saturated heterocycles. The zero-order chi connectivity index (χ0) is 15.1. The van der Waals surface area contributed by atoms with Gasteiger partial charge in [-0.1, -0.05) is 43.6 Å². The fourth-order valence-electron chi connectivity index (χ4n) is 2.13. The van der Waals surface area contributed by atoms with Crippen molar-refractivity contribution in [2.24, 2.45) is 5.92 Å². The molecule has 0 amide bonds. The Labute approximate surface area is 119 Å². The van der Waals surface area contributed by atoms with E-state index in [1.807, 2.05) is 0 Å². The van der Waals surface area contributed by atoms with Crippen molar-refractivity contribution in [2.45, 2.75) is 26.6 Å². The first-order valence-electron chi connectivity index (χ1n) is 6.10. The van der Waals surface area contributed by atoms with Crippen LogP contribution in [0.15, 0.2) is 24.3 Å². The van der Waals surface area contributed by atoms with Crippen molar-refractivity contribution in [1.82, 2.24) is 4.57 Å². The molecule has 2 aromatic rings. The van der Waals surface area contributed by atoms with Crippen LogP contribution in [0.1, 0.15) is 24.2 Å². The molecule has 0 atom stereocenters. The Morgan fingerprint density at radius 3 is 2.45 bits per heavy atom. The average Bonchev–Trinajstić information content (AvgIpc) is 2.60. The van der Waals surface area contributed by atoms with Gasteiger partial charge in [0.05, 0.1) is 11.1 Å². The maximum absolute atomic E-state index is 12.7. The predicted molar refractivity (Wildman–Crippen MR) is 72.2 cm³/mol. The molecule has 0 bridgehead atoms. The topological polar surface area (TPSA) is 22.0 Å². The summed E-state index contributed by atoms with van der Waals surface area (Å²) < 4.78 is 38.9. The van der Waals surface area contributed by atoms with Crippen molar-refractivity contribution in [3.63, 3.8) is 0 Å². The average molecular weight is 304 g/mol. The van der Waals surface area contributed by atoms with Crippen LogP contribution in [-0.2, 0) is 6.54 Å². The number of carbonyl (C=O) groups is 1. The number of hydrogen-bond donors (Lipinski definition) is 0. The number of alkyl halides is 3. The monoisotopic (exact) mass is 303 g/mol. The summed E-state index contributed by atoms with van der Waals surface area (Å²) in [5.74, 6) is -0.593. The van der Waals surface area contributed by atoms with E-state index < -0.39 is 12.7 Å². The number of carbonyl (C=O) groups excluding carboxylic acids is 1. The Hall–Kier alpha value is -1.49. The number of ketones is 1. The van der Waals surface area contributed by atoms with Gasteiger partial charge in [0, 0.05) is 11.3 Å². The molecule has 0 fully saturated rings. The summed E-state index contributed by atoms with van der Waals surface area (Å²) in [6, 6.07) is 6.44. The summed E-state index contributed by atoms with van der Waals surface area (Å²) >= 11 is 6.04. The number of nitrogens with zero attached hydrogens (tertiary/aromatic N) is 1. The van der Waals surface area contributed by atoms with E-state index in [9.17, 15) is 18.0 Å². The summed E-state index contributed by atoms with van der Waals surface area (Å²) in [5.41, 5.74) is 0.486. The molecule has 0 saturated carbocycles. The van der Waals surface area contributed by atoms with Crippen molar-refractivity contribution in [3.05, 3.63) is 35.0 Å². The van der Waals surface area contributed by atoms with E-state index in [1.54, 1.807) is 32.0 Å². The number of hydrogen-bond acceptors (Lipinski definition) is 1. The van der Waals surface area contributed by atoms with Crippen LogP contribution in [0.3, 0.4) is 0 Å². The van der Waals surface area contributed by atoms with Crippen molar-refractivity contribution in [3.8, 4) is 0 Å². The van der Waals surface area contributed by atoms with Crippen LogP contribution in [0, 0.1) is 5.92 Å². The van der Waals surface area contributed by atoms with Gasteiger partial charge in [0.15, 0.2) is 5.78 Å². The minimum Gasteiger partial charge on any atom is -0.322 e. The molecule has 2 rings (SSSR count). The van der Waals surface area contributed by atoms with E-state index in [0.717, 1.165) is 4.57 Å². The Bertz CT molecular complexity index is 658. The van der Waals surface area contributed by atoms with Crippen molar-refractivity contribution < 1.29 is 18.0 Å². The first kappa shape index (κ1) is 14.9. The zero-order valence-electron chi connectivity index (χ0n) is 11.0. The lowest BCUT2D eigenvalue weighted by molar-refractivity contribution is -0.139. The SMILES string of the molecule is CC(C)C(=O)c1c(Cl)n(CC(F)(F)F)c2ccccc12. The van der Waals surface area contributed by atoms with Crippen molar-refractivity contribution in [1.29, 1.82) is 0 Å². The van der Waals surface area contributed by atoms with Gasteiger partial charge in [0.1, 0.15) is 11.7 Å². The normalized spacial score (nSPS) is 12.3. The highest BCUT2D eigenvalue weighted by Crippen LogP contribution is 2.34. The van der Waals surface area contributed by atoms with Crippen LogP contribution in [0.4, 0.5) is 13.2 Å². The summed E-state index contributed by atoms with van der Waals surface area (Å²) in [5, 5.41) is 0.308. The standard InChI is InChI=1S/C14H13ClF3NO/c1-8(2)12(20)11-9-5-3-4-6-10(9)19(13(11)15)7-14(16,17)18/h3-6,8H,7H2,1-2H3. The van der Waals surface area contributed by atoms with Crippen LogP contribution >= 0.6 is 11.6 Å². The van der Waals surface area contributed by atoms with Gasteiger partial charge in [0.25, 0.3) is 0 Å². The van der Waals surface area contributed by atoms with E-state index in [1.165, 1.54) is 6.07 Å². The molecule has 0 spiro atoms. The molecule has 0 aliphatic rings. The van der Waals surface area contributed by atoms with Gasteiger partial charge >= 0.3 is 6.18 Å². The van der Waals surface area contributed by atoms with Crippen LogP contribution in [0.2, 0.25) is 5.15 Å². The largest absolute Gasteiger partial charge is 0.406 e. The lowest BCUT2D eigenvalue weighted by Gasteiger charge is -2.10. The number of rotatable bonds is 3. The molecule has 0 radical (unpaired) electrons. The van der Waals surface area contributed by atoms with Gasteiger partial charge in [0.2, 0.25) is 0 Å². The van der Waals surface area contributed by atoms with Crippen molar-refractivity contribution >= 4 is 28.3 Å². The Kier molecular flexibility index (Phi) is 3.82. The number of Topliss-reactive ketones (excluding diaryl/α,β-unsaturated/α-hetero) is 1. The molecule has 0 N–H and O–H groups in total. The number of benzene rings is 1. The molecule has 1 aromatic carbocycles. The maximum atomic E-state index is 12.7. The molecule has 1 aromatic heterocycles. The van der Waals surface area contributed by atoms with Gasteiger partial charge < -0.3 is 4.57 Å². The molecular formula is C14H13ClF3NO. The zero-order valence-corrected chi connectivity index (χ0v) is 11.7. The van der Waals surface area contributed by atoms with Gasteiger partial charge in [-0.3, -0.25) is 4.79 Å². The summed E-state index contributed by atoms with van der Waals surface area (Å²) in [6.07, 6.45) is -4.40. The van der Waals surface area contributed by atoms with E-state index in [2.05, 4.69) is 0 Å². The summed E-state index contributed by atoms with van der Waals surface area (Å²) in [6.45, 7) is 2.17. The highest BCUT2D eigenvalue weighted by Gasteiger charge is 2.32. The highest BCUT2D eigenvalue weighted by atomic mass is 35.5. The number of halogens is 4. The van der Waals surface area contributed by atoms with Crippen LogP contribution < -0.4 is 0 Å². The first-order valence-corrected chi connectivity index (χ1v) is 6.48. The molecule has 0 aliphatic carbocycles. The molecule has 2 nitrogen and oxygen atoms in total. The van der Waals surface area contributed by atoms with Crippen molar-refractivity contribution in [2.75, 3.05) is 0 Å². The fourth-order valence-corrected chi connectivity index (χ4v) is 2.47. The van der Waals surface area contributed by atoms with Crippen LogP contribution in [0.25, 0.3) is 10.9 Å². The van der Waals surface area contributed by atoms with E-state index in [0.29, 0.717) is 10.9 Å². The second kappa shape index (κ2) is 5.13. The summed E-state index contributed by atoms with van der Waals surface area (Å²) in [7, 11) is 0. The lowest BCUT2D eigenvalue weighted by atomic mass is 10.0. The molecule has 1 heterocycles. The molecular weight excluding hydrogens is 291 g/mol. The van der Waals surface area contributed by atoms with Gasteiger partial charge in [-0.05, 0) is 6.07 Å². The molecule has 0 aliphatic heterocycles. The second-order valence-corrected chi connectivity index (χ2v) is 5.26. The Morgan fingerprint density at radius 2 is 1.90 bits per heavy atom. The van der Waals surface area contributed by atoms with Gasteiger partial charge in [-0.15, -0.1) is 0 Å². The van der Waals surface area contributed by atoms with Crippen LogP contribution in [-0.4, -0.2) is 16.5 Å². The molecule has 108 valence electrons. The third kappa shape index (κ3) is 2.68. The molecule has 6 heteroatoms. The number of fused-ring (bicyclic) bond motifs is 1.